The van der Waals surface area contributed by atoms with Gasteiger partial charge in [-0.05, 0) is 19.8 Å². The van der Waals surface area contributed by atoms with Crippen LogP contribution in [0.15, 0.2) is 5.38 Å². The van der Waals surface area contributed by atoms with Gasteiger partial charge in [0.1, 0.15) is 5.69 Å². The standard InChI is InChI=1S/C9H12N2OS/c1-5(10)8(12)7-4-13-9(11-7)6-2-3-6/h4-6H,2-3,10H2,1H3. The Morgan fingerprint density at radius 2 is 2.46 bits per heavy atom. The van der Waals surface area contributed by atoms with Gasteiger partial charge in [-0.25, -0.2) is 4.98 Å². The molecule has 1 aromatic heterocycles. The summed E-state index contributed by atoms with van der Waals surface area (Å²) in [4.78, 5) is 15.7. The van der Waals surface area contributed by atoms with E-state index in [2.05, 4.69) is 4.98 Å². The van der Waals surface area contributed by atoms with E-state index in [-0.39, 0.29) is 5.78 Å². The highest BCUT2D eigenvalue weighted by atomic mass is 32.1. The van der Waals surface area contributed by atoms with E-state index in [1.54, 1.807) is 18.3 Å². The van der Waals surface area contributed by atoms with Crippen molar-refractivity contribution in [2.45, 2.75) is 31.7 Å². The van der Waals surface area contributed by atoms with Crippen LogP contribution < -0.4 is 5.73 Å². The van der Waals surface area contributed by atoms with E-state index in [9.17, 15) is 4.79 Å². The lowest BCUT2D eigenvalue weighted by Crippen LogP contribution is -2.26. The topological polar surface area (TPSA) is 56.0 Å². The number of Topliss-reactive ketones (excluding diaryl/α,β-unsaturated/α-hetero) is 1. The zero-order valence-corrected chi connectivity index (χ0v) is 8.30. The van der Waals surface area contributed by atoms with Crippen molar-refractivity contribution in [3.63, 3.8) is 0 Å². The number of nitrogens with two attached hydrogens (primary N) is 1. The lowest BCUT2D eigenvalue weighted by Gasteiger charge is -1.98. The second-order valence-electron chi connectivity index (χ2n) is 3.50. The van der Waals surface area contributed by atoms with E-state index in [0.717, 1.165) is 5.01 Å². The fraction of sp³-hybridized carbons (Fsp3) is 0.556. The minimum atomic E-state index is -0.436. The SMILES string of the molecule is CC(N)C(=O)c1csc(C2CC2)n1. The largest absolute Gasteiger partial charge is 0.321 e. The quantitative estimate of drug-likeness (QED) is 0.746. The minimum Gasteiger partial charge on any atom is -0.321 e. The summed E-state index contributed by atoms with van der Waals surface area (Å²) < 4.78 is 0. The average molecular weight is 196 g/mol. The summed E-state index contributed by atoms with van der Waals surface area (Å²) >= 11 is 1.58. The number of ketones is 1. The van der Waals surface area contributed by atoms with E-state index in [4.69, 9.17) is 5.73 Å². The number of carbonyl (C=O) groups is 1. The molecule has 0 aliphatic heterocycles. The van der Waals surface area contributed by atoms with Crippen molar-refractivity contribution in [2.24, 2.45) is 5.73 Å². The molecule has 2 rings (SSSR count). The molecule has 1 heterocycles. The second kappa shape index (κ2) is 3.20. The monoisotopic (exact) mass is 196 g/mol. The van der Waals surface area contributed by atoms with Gasteiger partial charge in [0, 0.05) is 11.3 Å². The first kappa shape index (κ1) is 8.84. The molecule has 4 heteroatoms. The Kier molecular flexibility index (Phi) is 2.17. The summed E-state index contributed by atoms with van der Waals surface area (Å²) in [5.74, 6) is 0.572. The van der Waals surface area contributed by atoms with Crippen LogP contribution >= 0.6 is 11.3 Å². The van der Waals surface area contributed by atoms with E-state index in [0.29, 0.717) is 11.6 Å². The molecule has 0 radical (unpaired) electrons. The lowest BCUT2D eigenvalue weighted by molar-refractivity contribution is 0.0963. The fourth-order valence-electron chi connectivity index (χ4n) is 1.15. The Morgan fingerprint density at radius 3 is 3.00 bits per heavy atom. The van der Waals surface area contributed by atoms with Crippen LogP contribution in [0, 0.1) is 0 Å². The molecular formula is C9H12N2OS. The van der Waals surface area contributed by atoms with Gasteiger partial charge >= 0.3 is 0 Å². The van der Waals surface area contributed by atoms with Crippen molar-refractivity contribution in [1.82, 2.24) is 4.98 Å². The average Bonchev–Trinajstić information content (AvgIpc) is 2.83. The lowest BCUT2D eigenvalue weighted by atomic mass is 10.2. The summed E-state index contributed by atoms with van der Waals surface area (Å²) in [5.41, 5.74) is 6.03. The number of rotatable bonds is 3. The maximum atomic E-state index is 11.4. The van der Waals surface area contributed by atoms with Gasteiger partial charge in [-0.2, -0.15) is 0 Å². The molecule has 70 valence electrons. The fourth-order valence-corrected chi connectivity index (χ4v) is 2.13. The predicted molar refractivity (Wildman–Crippen MR) is 52.1 cm³/mol. The predicted octanol–water partition coefficient (Wildman–Crippen LogP) is 1.55. The number of nitrogens with zero attached hydrogens (tertiary/aromatic N) is 1. The van der Waals surface area contributed by atoms with Crippen molar-refractivity contribution in [1.29, 1.82) is 0 Å². The van der Waals surface area contributed by atoms with E-state index in [1.165, 1.54) is 12.8 Å². The smallest absolute Gasteiger partial charge is 0.198 e. The van der Waals surface area contributed by atoms with E-state index in [1.807, 2.05) is 5.38 Å². The van der Waals surface area contributed by atoms with Crippen LogP contribution in [0.2, 0.25) is 0 Å². The Balaban J connectivity index is 2.16. The molecular weight excluding hydrogens is 184 g/mol. The van der Waals surface area contributed by atoms with Crippen LogP contribution in [0.25, 0.3) is 0 Å². The van der Waals surface area contributed by atoms with Gasteiger partial charge < -0.3 is 5.73 Å². The van der Waals surface area contributed by atoms with Crippen LogP contribution in [0.1, 0.15) is 41.2 Å². The highest BCUT2D eigenvalue weighted by Crippen LogP contribution is 2.41. The van der Waals surface area contributed by atoms with Crippen LogP contribution in [-0.2, 0) is 0 Å². The number of carbonyl (C=O) groups excluding carboxylic acids is 1. The summed E-state index contributed by atoms with van der Waals surface area (Å²) in [6.07, 6.45) is 2.44. The van der Waals surface area contributed by atoms with E-state index >= 15 is 0 Å². The zero-order valence-electron chi connectivity index (χ0n) is 7.49. The molecule has 1 unspecified atom stereocenters. The molecule has 2 N–H and O–H groups in total. The number of thiazole rings is 1. The number of aromatic nitrogens is 1. The molecule has 1 aliphatic rings. The van der Waals surface area contributed by atoms with E-state index < -0.39 is 6.04 Å². The van der Waals surface area contributed by atoms with Crippen molar-refractivity contribution < 1.29 is 4.79 Å². The molecule has 1 atom stereocenters. The van der Waals surface area contributed by atoms with Crippen LogP contribution in [-0.4, -0.2) is 16.8 Å². The van der Waals surface area contributed by atoms with Gasteiger partial charge in [0.15, 0.2) is 5.78 Å². The molecule has 0 bridgehead atoms. The van der Waals surface area contributed by atoms with Crippen molar-refractivity contribution in [3.8, 4) is 0 Å². The molecule has 1 aliphatic carbocycles. The molecule has 1 fully saturated rings. The Hall–Kier alpha value is -0.740. The van der Waals surface area contributed by atoms with Crippen LogP contribution in [0.5, 0.6) is 0 Å². The normalized spacial score (nSPS) is 18.6. The van der Waals surface area contributed by atoms with Gasteiger partial charge in [0.05, 0.1) is 11.0 Å². The van der Waals surface area contributed by atoms with Crippen molar-refractivity contribution in [2.75, 3.05) is 0 Å². The number of hydrogen-bond acceptors (Lipinski definition) is 4. The maximum Gasteiger partial charge on any atom is 0.198 e. The summed E-state index contributed by atoms with van der Waals surface area (Å²) in [6.45, 7) is 1.69. The minimum absolute atomic E-state index is 0.0526. The van der Waals surface area contributed by atoms with Gasteiger partial charge in [-0.3, -0.25) is 4.79 Å². The summed E-state index contributed by atoms with van der Waals surface area (Å²) in [5, 5.41) is 2.92. The van der Waals surface area contributed by atoms with Crippen molar-refractivity contribution >= 4 is 17.1 Å². The Labute approximate surface area is 81.0 Å². The van der Waals surface area contributed by atoms with Gasteiger partial charge in [-0.15, -0.1) is 11.3 Å². The summed E-state index contributed by atoms with van der Waals surface area (Å²) in [7, 11) is 0. The molecule has 3 nitrogen and oxygen atoms in total. The first-order valence-electron chi connectivity index (χ1n) is 4.43. The Morgan fingerprint density at radius 1 is 1.77 bits per heavy atom. The second-order valence-corrected chi connectivity index (χ2v) is 4.39. The van der Waals surface area contributed by atoms with Crippen LogP contribution in [0.3, 0.4) is 0 Å². The molecule has 0 spiro atoms. The molecule has 1 saturated carbocycles. The van der Waals surface area contributed by atoms with Gasteiger partial charge in [0.2, 0.25) is 0 Å². The van der Waals surface area contributed by atoms with Crippen molar-refractivity contribution in [3.05, 3.63) is 16.1 Å². The third kappa shape index (κ3) is 1.78. The molecule has 0 saturated heterocycles. The number of hydrogen-bond donors (Lipinski definition) is 1. The van der Waals surface area contributed by atoms with Crippen LogP contribution in [0.4, 0.5) is 0 Å². The summed E-state index contributed by atoms with van der Waals surface area (Å²) in [6, 6.07) is -0.436. The first-order valence-corrected chi connectivity index (χ1v) is 5.31. The molecule has 13 heavy (non-hydrogen) atoms. The molecule has 0 aromatic carbocycles. The molecule has 1 aromatic rings. The maximum absolute atomic E-state index is 11.4. The highest BCUT2D eigenvalue weighted by molar-refractivity contribution is 7.10. The van der Waals surface area contributed by atoms with Gasteiger partial charge in [-0.1, -0.05) is 0 Å². The zero-order chi connectivity index (χ0) is 9.42. The third-order valence-electron chi connectivity index (χ3n) is 2.11. The van der Waals surface area contributed by atoms with Gasteiger partial charge in [0.25, 0.3) is 0 Å². The third-order valence-corrected chi connectivity index (χ3v) is 3.12. The first-order chi connectivity index (χ1) is 6.18. The molecule has 0 amide bonds. The Bertz CT molecular complexity index is 328. The highest BCUT2D eigenvalue weighted by Gasteiger charge is 2.27.